The fourth-order valence-corrected chi connectivity index (χ4v) is 6.25. The van der Waals surface area contributed by atoms with Crippen molar-refractivity contribution in [3.8, 4) is 0 Å². The summed E-state index contributed by atoms with van der Waals surface area (Å²) in [5, 5.41) is 101. The lowest BCUT2D eigenvalue weighted by Gasteiger charge is -2.23. The van der Waals surface area contributed by atoms with Gasteiger partial charge in [0.25, 0.3) is 0 Å². The van der Waals surface area contributed by atoms with E-state index < -0.39 is 73.6 Å². The summed E-state index contributed by atoms with van der Waals surface area (Å²) in [6, 6.07) is -2.39. The zero-order valence-corrected chi connectivity index (χ0v) is 45.4. The van der Waals surface area contributed by atoms with Gasteiger partial charge in [0.2, 0.25) is 0 Å². The molecule has 0 radical (unpaired) electrons. The van der Waals surface area contributed by atoms with Crippen molar-refractivity contribution in [3.05, 3.63) is 0 Å². The van der Waals surface area contributed by atoms with Gasteiger partial charge >= 0.3 is 0 Å². The minimum absolute atomic E-state index is 0.0519. The highest BCUT2D eigenvalue weighted by atomic mass is 16.3. The van der Waals surface area contributed by atoms with Gasteiger partial charge in [-0.25, -0.2) is 0 Å². The van der Waals surface area contributed by atoms with Crippen LogP contribution in [0.1, 0.15) is 141 Å². The summed E-state index contributed by atoms with van der Waals surface area (Å²) in [6.07, 6.45) is -0.277. The number of hydrogen-bond donors (Lipinski definition) is 21. The van der Waals surface area contributed by atoms with Gasteiger partial charge in [-0.3, -0.25) is 0 Å². The van der Waals surface area contributed by atoms with Crippen LogP contribution in [0.5, 0.6) is 0 Å². The van der Waals surface area contributed by atoms with Gasteiger partial charge in [0.15, 0.2) is 0 Å². The summed E-state index contributed by atoms with van der Waals surface area (Å²) in [4.78, 5) is 0. The maximum atomic E-state index is 9.45. The third-order valence-electron chi connectivity index (χ3n) is 10.4. The minimum atomic E-state index is -1.03. The number of hydrogen-bond acceptors (Lipinski definition) is 21. The van der Waals surface area contributed by atoms with Gasteiger partial charge < -0.3 is 114 Å². The van der Waals surface area contributed by atoms with Gasteiger partial charge in [-0.2, -0.15) is 0 Å². The first-order valence-electron chi connectivity index (χ1n) is 25.3. The molecular formula is C48H118N10O11. The molecule has 0 bridgehead atoms. The highest BCUT2D eigenvalue weighted by molar-refractivity contribution is 4.82. The van der Waals surface area contributed by atoms with E-state index in [2.05, 4.69) is 27.7 Å². The molecule has 0 aliphatic rings. The van der Waals surface area contributed by atoms with Crippen LogP contribution in [-0.2, 0) is 0 Å². The Morgan fingerprint density at radius 3 is 0.957 bits per heavy atom. The van der Waals surface area contributed by atoms with Crippen molar-refractivity contribution in [1.82, 2.24) is 0 Å². The lowest BCUT2D eigenvalue weighted by Crippen LogP contribution is -2.48. The van der Waals surface area contributed by atoms with Crippen LogP contribution < -0.4 is 57.3 Å². The molecule has 0 aliphatic carbocycles. The predicted octanol–water partition coefficient (Wildman–Crippen LogP) is -2.60. The van der Waals surface area contributed by atoms with Crippen LogP contribution in [0, 0.1) is 35.5 Å². The third-order valence-corrected chi connectivity index (χ3v) is 10.4. The Kier molecular flexibility index (Phi) is 56.9. The van der Waals surface area contributed by atoms with E-state index in [0.717, 1.165) is 12.8 Å². The first-order valence-corrected chi connectivity index (χ1v) is 25.3. The molecule has 0 spiro atoms. The first kappa shape index (κ1) is 79.6. The van der Waals surface area contributed by atoms with Crippen molar-refractivity contribution in [3.63, 3.8) is 0 Å². The zero-order valence-electron chi connectivity index (χ0n) is 45.4. The molecule has 0 aromatic heterocycles. The van der Waals surface area contributed by atoms with Crippen LogP contribution >= 0.6 is 0 Å². The van der Waals surface area contributed by atoms with Gasteiger partial charge in [0.05, 0.1) is 73.6 Å². The zero-order chi connectivity index (χ0) is 55.7. The van der Waals surface area contributed by atoms with Gasteiger partial charge in [-0.1, -0.05) is 83.1 Å². The summed E-state index contributed by atoms with van der Waals surface area (Å²) in [7, 11) is 0. The molecule has 0 aromatic rings. The molecule has 0 saturated carbocycles. The molecule has 69 heavy (non-hydrogen) atoms. The van der Waals surface area contributed by atoms with Gasteiger partial charge in [0.1, 0.15) is 0 Å². The van der Waals surface area contributed by atoms with Gasteiger partial charge in [-0.15, -0.1) is 0 Å². The standard InChI is InChI=1S/2C8H20N2O2.2C8H20N2O.C8H19NO3.C8H19NO2/c1-5(2)3-7(11)8(12)6(10)4-9;1-5(2)3-6(11)8(10)7(12)4-9;1-6(2)3-8(11)4-7(10)5-9;1-6(2)5-8(11)7(10)3-4-9;1-5(2)3-6(11)8(9)7(12)4-10;1-6(2)5-8(11)7(9)3-4-10/h2*5-8,11-12H,3-4,9-10H2,1-2H3;2*6-8,11H,3-5,9-10H2,1-2H3;5-8,10-12H,3-4,9H2,1-2H3;6-8,10-11H,3-5,9H2,1-2H3/t6?,7-,8?;6-,7?,8?;2*7?,8-;6-,7?,8?;7?,8-/m111111/s1. The number of aliphatic hydroxyl groups excluding tert-OH is 11. The second-order valence-corrected chi connectivity index (χ2v) is 21.0. The fourth-order valence-electron chi connectivity index (χ4n) is 6.25. The van der Waals surface area contributed by atoms with E-state index >= 15 is 0 Å². The number of nitrogens with two attached hydrogens (primary N) is 10. The Morgan fingerprint density at radius 1 is 0.333 bits per heavy atom. The lowest BCUT2D eigenvalue weighted by molar-refractivity contribution is -0.00504. The summed E-state index contributed by atoms with van der Waals surface area (Å²) >= 11 is 0. The van der Waals surface area contributed by atoms with Crippen LogP contribution in [-0.4, -0.2) is 187 Å². The van der Waals surface area contributed by atoms with Gasteiger partial charge in [-0.05, 0) is 99.8 Å². The Labute approximate surface area is 419 Å². The number of rotatable bonds is 30. The van der Waals surface area contributed by atoms with E-state index in [9.17, 15) is 40.9 Å². The molecule has 31 N–H and O–H groups in total. The molecular weight excluding hydrogens is 893 g/mol. The molecule has 21 heteroatoms. The van der Waals surface area contributed by atoms with Crippen molar-refractivity contribution >= 4 is 0 Å². The molecule has 0 saturated heterocycles. The average molecular weight is 1010 g/mol. The largest absolute Gasteiger partial charge is 0.396 e. The van der Waals surface area contributed by atoms with Crippen molar-refractivity contribution in [1.29, 1.82) is 0 Å². The monoisotopic (exact) mass is 1010 g/mol. The Bertz CT molecular complexity index is 960. The molecule has 0 aliphatic heterocycles. The van der Waals surface area contributed by atoms with Crippen LogP contribution in [0.3, 0.4) is 0 Å². The molecule has 21 nitrogen and oxygen atoms in total. The SMILES string of the molecule is CC(C)C[C@@H](O)C(N)C(O)CN.CC(C)C[C@@H](O)C(N)C(O)CO.CC(C)C[C@@H](O)C(N)CCN.CC(C)C[C@@H](O)C(N)CCO.CC(C)C[C@@H](O)C(O)C(N)CN.CC(C)C[C@@H](O)CC(N)CN. The molecule has 426 valence electrons. The predicted molar refractivity (Wildman–Crippen MR) is 283 cm³/mol. The summed E-state index contributed by atoms with van der Waals surface area (Å²) in [6.45, 7) is 25.2. The van der Waals surface area contributed by atoms with Crippen LogP contribution in [0.25, 0.3) is 0 Å². The van der Waals surface area contributed by atoms with E-state index in [1.807, 2.05) is 55.4 Å². The highest BCUT2D eigenvalue weighted by Crippen LogP contribution is 2.13. The van der Waals surface area contributed by atoms with E-state index in [4.69, 9.17) is 72.7 Å². The maximum Gasteiger partial charge on any atom is 0.0961 e. The van der Waals surface area contributed by atoms with Crippen LogP contribution in [0.4, 0.5) is 0 Å². The summed E-state index contributed by atoms with van der Waals surface area (Å²) in [5.41, 5.74) is 54.3. The molecule has 15 atom stereocenters. The number of aliphatic hydroxyl groups is 11. The van der Waals surface area contributed by atoms with Crippen molar-refractivity contribution in [2.75, 3.05) is 39.4 Å². The molecule has 9 unspecified atom stereocenters. The summed E-state index contributed by atoms with van der Waals surface area (Å²) in [5.74, 6) is 2.52. The first-order chi connectivity index (χ1) is 31.7. The normalized spacial score (nSPS) is 18.1. The molecule has 0 heterocycles. The Balaban J connectivity index is -0.000000173. The molecule has 0 rings (SSSR count). The highest BCUT2D eigenvalue weighted by Gasteiger charge is 2.25. The van der Waals surface area contributed by atoms with Crippen molar-refractivity contribution in [2.24, 2.45) is 92.8 Å². The Hall–Kier alpha value is -0.840. The van der Waals surface area contributed by atoms with Crippen LogP contribution in [0.15, 0.2) is 0 Å². The van der Waals surface area contributed by atoms with Crippen LogP contribution in [0.2, 0.25) is 0 Å². The van der Waals surface area contributed by atoms with E-state index in [1.165, 1.54) is 0 Å². The smallest absolute Gasteiger partial charge is 0.0961 e. The van der Waals surface area contributed by atoms with Gasteiger partial charge in [0, 0.05) is 50.4 Å². The third kappa shape index (κ3) is 53.3. The molecule has 0 fully saturated rings. The second kappa shape index (κ2) is 49.4. The molecule has 0 amide bonds. The van der Waals surface area contributed by atoms with Crippen molar-refractivity contribution < 1.29 is 56.2 Å². The molecule has 0 aromatic carbocycles. The minimum Gasteiger partial charge on any atom is -0.396 e. The topological polar surface area (TPSA) is 483 Å². The Morgan fingerprint density at radius 2 is 0.667 bits per heavy atom. The average Bonchev–Trinajstić information content (AvgIpc) is 3.24. The second-order valence-electron chi connectivity index (χ2n) is 21.0. The van der Waals surface area contributed by atoms with Crippen molar-refractivity contribution in [2.45, 2.75) is 232 Å². The van der Waals surface area contributed by atoms with E-state index in [1.54, 1.807) is 0 Å². The van der Waals surface area contributed by atoms with E-state index in [0.29, 0.717) is 93.5 Å². The van der Waals surface area contributed by atoms with E-state index in [-0.39, 0.29) is 43.9 Å². The fraction of sp³-hybridized carbons (Fsp3) is 1.00. The summed E-state index contributed by atoms with van der Waals surface area (Å²) < 4.78 is 0. The maximum absolute atomic E-state index is 9.45. The lowest BCUT2D eigenvalue weighted by atomic mass is 9.97. The quantitative estimate of drug-likeness (QED) is 0.0351.